The molecule has 6 nitrogen and oxygen atoms in total. The van der Waals surface area contributed by atoms with Gasteiger partial charge in [-0.25, -0.2) is 0 Å². The number of hydrogen-bond donors (Lipinski definition) is 3. The number of benzene rings is 1. The lowest BCUT2D eigenvalue weighted by atomic mass is 9.90. The first-order valence-electron chi connectivity index (χ1n) is 7.51. The van der Waals surface area contributed by atoms with Crippen LogP contribution in [0.1, 0.15) is 28.8 Å². The summed E-state index contributed by atoms with van der Waals surface area (Å²) in [6.07, 6.45) is 1.04. The van der Waals surface area contributed by atoms with Crippen molar-refractivity contribution in [1.82, 2.24) is 10.6 Å². The molecule has 2 amide bonds. The molecule has 0 saturated carbocycles. The van der Waals surface area contributed by atoms with Gasteiger partial charge in [0, 0.05) is 31.9 Å². The van der Waals surface area contributed by atoms with E-state index in [9.17, 15) is 9.59 Å². The second-order valence-electron chi connectivity index (χ2n) is 5.65. The summed E-state index contributed by atoms with van der Waals surface area (Å²) in [4.78, 5) is 24.0. The maximum absolute atomic E-state index is 12.1. The van der Waals surface area contributed by atoms with Gasteiger partial charge < -0.3 is 21.1 Å². The van der Waals surface area contributed by atoms with E-state index in [1.807, 2.05) is 19.1 Å². The van der Waals surface area contributed by atoms with Gasteiger partial charge in [-0.2, -0.15) is 0 Å². The molecule has 1 aromatic rings. The van der Waals surface area contributed by atoms with Gasteiger partial charge in [-0.05, 0) is 31.9 Å². The second-order valence-corrected chi connectivity index (χ2v) is 5.65. The third-order valence-electron chi connectivity index (χ3n) is 3.85. The van der Waals surface area contributed by atoms with Crippen molar-refractivity contribution in [3.05, 3.63) is 35.4 Å². The fraction of sp³-hybridized carbons (Fsp3) is 0.500. The number of hydrogen-bond acceptors (Lipinski definition) is 4. The standard InChI is InChI=1S/C16H23N3O3/c1-12-2-4-13(5-3-12)14(20)18-8-9-19-15(21)16(17)6-10-22-11-7-16/h2-5H,6-11,17H2,1H3,(H,18,20)(H,19,21). The molecule has 0 bridgehead atoms. The Balaban J connectivity index is 1.71. The van der Waals surface area contributed by atoms with Crippen LogP contribution in [-0.4, -0.2) is 43.7 Å². The van der Waals surface area contributed by atoms with Crippen LogP contribution in [-0.2, 0) is 9.53 Å². The van der Waals surface area contributed by atoms with Crippen LogP contribution in [0, 0.1) is 6.92 Å². The Morgan fingerprint density at radius 2 is 1.73 bits per heavy atom. The van der Waals surface area contributed by atoms with E-state index in [-0.39, 0.29) is 11.8 Å². The number of carbonyl (C=O) groups excluding carboxylic acids is 2. The third-order valence-corrected chi connectivity index (χ3v) is 3.85. The summed E-state index contributed by atoms with van der Waals surface area (Å²) in [7, 11) is 0. The van der Waals surface area contributed by atoms with E-state index in [4.69, 9.17) is 10.5 Å². The maximum atomic E-state index is 12.1. The average Bonchev–Trinajstić information content (AvgIpc) is 2.52. The molecular weight excluding hydrogens is 282 g/mol. The molecule has 0 aliphatic carbocycles. The fourth-order valence-electron chi connectivity index (χ4n) is 2.30. The van der Waals surface area contributed by atoms with Crippen molar-refractivity contribution >= 4 is 11.8 Å². The average molecular weight is 305 g/mol. The van der Waals surface area contributed by atoms with Gasteiger partial charge >= 0.3 is 0 Å². The molecule has 1 aliphatic rings. The zero-order valence-electron chi connectivity index (χ0n) is 12.9. The summed E-state index contributed by atoms with van der Waals surface area (Å²) in [6, 6.07) is 7.33. The molecule has 0 aromatic heterocycles. The van der Waals surface area contributed by atoms with E-state index in [1.54, 1.807) is 12.1 Å². The molecule has 22 heavy (non-hydrogen) atoms. The van der Waals surface area contributed by atoms with Gasteiger partial charge in [0.1, 0.15) is 0 Å². The highest BCUT2D eigenvalue weighted by molar-refractivity contribution is 5.94. The molecule has 6 heteroatoms. The SMILES string of the molecule is Cc1ccc(C(=O)NCCNC(=O)C2(N)CCOCC2)cc1. The molecule has 0 atom stereocenters. The largest absolute Gasteiger partial charge is 0.381 e. The van der Waals surface area contributed by atoms with Gasteiger partial charge in [-0.3, -0.25) is 9.59 Å². The molecule has 2 rings (SSSR count). The minimum atomic E-state index is -0.848. The molecule has 1 aromatic carbocycles. The predicted octanol–water partition coefficient (Wildman–Crippen LogP) is 0.349. The molecule has 1 fully saturated rings. The van der Waals surface area contributed by atoms with Crippen LogP contribution in [0.15, 0.2) is 24.3 Å². The lowest BCUT2D eigenvalue weighted by Crippen LogP contribution is -2.57. The van der Waals surface area contributed by atoms with Crippen LogP contribution in [0.3, 0.4) is 0 Å². The number of nitrogens with one attached hydrogen (secondary N) is 2. The van der Waals surface area contributed by atoms with Gasteiger partial charge in [0.25, 0.3) is 5.91 Å². The molecule has 1 saturated heterocycles. The Labute approximate surface area is 130 Å². The van der Waals surface area contributed by atoms with Crippen molar-refractivity contribution in [2.75, 3.05) is 26.3 Å². The first kappa shape index (κ1) is 16.5. The van der Waals surface area contributed by atoms with E-state index in [1.165, 1.54) is 0 Å². The first-order valence-corrected chi connectivity index (χ1v) is 7.51. The molecule has 4 N–H and O–H groups in total. The van der Waals surface area contributed by atoms with E-state index in [2.05, 4.69) is 10.6 Å². The Morgan fingerprint density at radius 3 is 2.36 bits per heavy atom. The first-order chi connectivity index (χ1) is 10.5. The normalized spacial score (nSPS) is 16.8. The van der Waals surface area contributed by atoms with E-state index >= 15 is 0 Å². The highest BCUT2D eigenvalue weighted by Crippen LogP contribution is 2.17. The molecule has 0 radical (unpaired) electrons. The van der Waals surface area contributed by atoms with Crippen molar-refractivity contribution in [2.24, 2.45) is 5.73 Å². The van der Waals surface area contributed by atoms with Gasteiger partial charge in [0.2, 0.25) is 5.91 Å². The van der Waals surface area contributed by atoms with Crippen LogP contribution in [0.25, 0.3) is 0 Å². The Hall–Kier alpha value is -1.92. The minimum absolute atomic E-state index is 0.150. The minimum Gasteiger partial charge on any atom is -0.381 e. The summed E-state index contributed by atoms with van der Waals surface area (Å²) in [5, 5.41) is 5.54. The number of nitrogens with two attached hydrogens (primary N) is 1. The van der Waals surface area contributed by atoms with Crippen LogP contribution in [0.2, 0.25) is 0 Å². The van der Waals surface area contributed by atoms with Gasteiger partial charge in [0.15, 0.2) is 0 Å². The summed E-state index contributed by atoms with van der Waals surface area (Å²) >= 11 is 0. The third kappa shape index (κ3) is 4.29. The fourth-order valence-corrected chi connectivity index (χ4v) is 2.30. The van der Waals surface area contributed by atoms with Crippen LogP contribution >= 0.6 is 0 Å². The number of carbonyl (C=O) groups is 2. The van der Waals surface area contributed by atoms with Crippen molar-refractivity contribution in [1.29, 1.82) is 0 Å². The predicted molar refractivity (Wildman–Crippen MR) is 83.5 cm³/mol. The number of ether oxygens (including phenoxy) is 1. The number of rotatable bonds is 5. The van der Waals surface area contributed by atoms with Crippen LogP contribution in [0.5, 0.6) is 0 Å². The number of aryl methyl sites for hydroxylation is 1. The monoisotopic (exact) mass is 305 g/mol. The maximum Gasteiger partial charge on any atom is 0.251 e. The van der Waals surface area contributed by atoms with E-state index < -0.39 is 5.54 Å². The lowest BCUT2D eigenvalue weighted by molar-refractivity contribution is -0.129. The van der Waals surface area contributed by atoms with E-state index in [0.717, 1.165) is 5.56 Å². The van der Waals surface area contributed by atoms with Crippen molar-refractivity contribution in [3.63, 3.8) is 0 Å². The van der Waals surface area contributed by atoms with Crippen molar-refractivity contribution in [3.8, 4) is 0 Å². The van der Waals surface area contributed by atoms with Gasteiger partial charge in [-0.15, -0.1) is 0 Å². The zero-order chi connectivity index (χ0) is 16.0. The van der Waals surface area contributed by atoms with Gasteiger partial charge in [0.05, 0.1) is 5.54 Å². The quantitative estimate of drug-likeness (QED) is 0.684. The Morgan fingerprint density at radius 1 is 1.14 bits per heavy atom. The van der Waals surface area contributed by atoms with E-state index in [0.29, 0.717) is 44.7 Å². The van der Waals surface area contributed by atoms with Crippen molar-refractivity contribution < 1.29 is 14.3 Å². The highest BCUT2D eigenvalue weighted by Gasteiger charge is 2.35. The van der Waals surface area contributed by atoms with Crippen LogP contribution in [0.4, 0.5) is 0 Å². The molecule has 0 spiro atoms. The highest BCUT2D eigenvalue weighted by atomic mass is 16.5. The summed E-state index contributed by atoms with van der Waals surface area (Å²) < 4.78 is 5.21. The summed E-state index contributed by atoms with van der Waals surface area (Å²) in [5.41, 5.74) is 6.94. The Kier molecular flexibility index (Phi) is 5.51. The molecular formula is C16H23N3O3. The summed E-state index contributed by atoms with van der Waals surface area (Å²) in [5.74, 6) is -0.330. The molecule has 0 unspecified atom stereocenters. The molecule has 120 valence electrons. The Bertz CT molecular complexity index is 522. The molecule has 1 aliphatic heterocycles. The van der Waals surface area contributed by atoms with Crippen molar-refractivity contribution in [2.45, 2.75) is 25.3 Å². The topological polar surface area (TPSA) is 93.5 Å². The number of amides is 2. The molecule has 1 heterocycles. The van der Waals surface area contributed by atoms with Gasteiger partial charge in [-0.1, -0.05) is 17.7 Å². The summed E-state index contributed by atoms with van der Waals surface area (Å²) in [6.45, 7) is 3.71. The second kappa shape index (κ2) is 7.38. The smallest absolute Gasteiger partial charge is 0.251 e. The lowest BCUT2D eigenvalue weighted by Gasteiger charge is -2.31. The van der Waals surface area contributed by atoms with Crippen LogP contribution < -0.4 is 16.4 Å². The zero-order valence-corrected chi connectivity index (χ0v) is 12.9.